The van der Waals surface area contributed by atoms with E-state index in [-0.39, 0.29) is 6.29 Å². The Bertz CT molecular complexity index is 667. The van der Waals surface area contributed by atoms with Crippen molar-refractivity contribution in [3.05, 3.63) is 25.4 Å². The number of hydrogen-bond acceptors (Lipinski definition) is 10. The third-order valence-electron chi connectivity index (χ3n) is 5.06. The van der Waals surface area contributed by atoms with E-state index in [4.69, 9.17) is 9.47 Å². The lowest BCUT2D eigenvalue weighted by atomic mass is 10.1. The summed E-state index contributed by atoms with van der Waals surface area (Å²) in [5.74, 6) is 1.25. The standard InChI is InChI=1S/C22H34O2S8/c1-25-17-18(26-2)30-21(29-17)22-31-19(27-3)20(32-22)28-15-11-9-7-5-4-6-8-10-12-16-23-13-14-24-16/h16H,4-15H2,1-3H3. The summed E-state index contributed by atoms with van der Waals surface area (Å²) in [7, 11) is 0. The lowest BCUT2D eigenvalue weighted by molar-refractivity contribution is -0.0480. The monoisotopic (exact) mass is 586 g/mol. The number of unbranched alkanes of at least 4 members (excludes halogenated alkanes) is 7. The van der Waals surface area contributed by atoms with Crippen molar-refractivity contribution >= 4 is 94.1 Å². The van der Waals surface area contributed by atoms with Crippen molar-refractivity contribution in [2.24, 2.45) is 0 Å². The predicted molar refractivity (Wildman–Crippen MR) is 162 cm³/mol. The topological polar surface area (TPSA) is 18.5 Å². The third-order valence-corrected chi connectivity index (χ3v) is 16.3. The fourth-order valence-electron chi connectivity index (χ4n) is 3.39. The minimum absolute atomic E-state index is 0.0888. The molecule has 0 spiro atoms. The van der Waals surface area contributed by atoms with Crippen molar-refractivity contribution in [2.75, 3.05) is 37.7 Å². The summed E-state index contributed by atoms with van der Waals surface area (Å²) in [4.78, 5) is 0. The van der Waals surface area contributed by atoms with Gasteiger partial charge in [-0.15, -0.1) is 47.0 Å². The Balaban J connectivity index is 1.24. The van der Waals surface area contributed by atoms with Crippen molar-refractivity contribution in [1.82, 2.24) is 0 Å². The summed E-state index contributed by atoms with van der Waals surface area (Å²) >= 11 is 15.7. The van der Waals surface area contributed by atoms with Crippen LogP contribution in [0, 0.1) is 0 Å². The molecule has 0 saturated carbocycles. The molecule has 0 bridgehead atoms. The van der Waals surface area contributed by atoms with E-state index in [1.807, 2.05) is 82.3 Å². The second-order valence-corrected chi connectivity index (χ2v) is 16.6. The number of rotatable bonds is 15. The molecule has 32 heavy (non-hydrogen) atoms. The molecule has 0 N–H and O–H groups in total. The zero-order valence-electron chi connectivity index (χ0n) is 19.1. The van der Waals surface area contributed by atoms with Gasteiger partial charge in [-0.1, -0.05) is 85.6 Å². The lowest BCUT2D eigenvalue weighted by Gasteiger charge is -2.08. The van der Waals surface area contributed by atoms with Gasteiger partial charge in [0.05, 0.1) is 38.6 Å². The normalized spacial score (nSPS) is 20.0. The SMILES string of the molecule is CSC1=C(SC)SC(=C2SC(SC)=C(SCCCCCCCCCCC3OCCO3)S2)S1. The number of ether oxygens (including phenoxy) is 2. The molecule has 0 amide bonds. The average molecular weight is 587 g/mol. The summed E-state index contributed by atoms with van der Waals surface area (Å²) in [5, 5.41) is 0. The van der Waals surface area contributed by atoms with Gasteiger partial charge in [0.15, 0.2) is 6.29 Å². The Morgan fingerprint density at radius 2 is 1.06 bits per heavy atom. The van der Waals surface area contributed by atoms with Crippen LogP contribution >= 0.6 is 94.1 Å². The molecule has 1 saturated heterocycles. The van der Waals surface area contributed by atoms with Gasteiger partial charge in [-0.3, -0.25) is 0 Å². The molecule has 3 heterocycles. The van der Waals surface area contributed by atoms with Crippen LogP contribution in [0.5, 0.6) is 0 Å². The second-order valence-electron chi connectivity index (χ2n) is 7.38. The van der Waals surface area contributed by atoms with Gasteiger partial charge in [-0.05, 0) is 43.8 Å². The zero-order valence-corrected chi connectivity index (χ0v) is 25.7. The number of hydrogen-bond donors (Lipinski definition) is 0. The Morgan fingerprint density at radius 1 is 0.625 bits per heavy atom. The van der Waals surface area contributed by atoms with Crippen LogP contribution in [0.15, 0.2) is 25.4 Å². The molecule has 3 rings (SSSR count). The molecule has 0 unspecified atom stereocenters. The van der Waals surface area contributed by atoms with E-state index in [1.54, 1.807) is 0 Å². The van der Waals surface area contributed by atoms with Crippen LogP contribution < -0.4 is 0 Å². The van der Waals surface area contributed by atoms with Gasteiger partial charge in [0.25, 0.3) is 0 Å². The fraction of sp³-hybridized carbons (Fsp3) is 0.727. The summed E-state index contributed by atoms with van der Waals surface area (Å²) in [6.45, 7) is 1.56. The highest BCUT2D eigenvalue weighted by Gasteiger charge is 2.29. The van der Waals surface area contributed by atoms with Gasteiger partial charge >= 0.3 is 0 Å². The molecule has 182 valence electrons. The van der Waals surface area contributed by atoms with Crippen LogP contribution in [0.1, 0.15) is 57.8 Å². The highest BCUT2D eigenvalue weighted by atomic mass is 32.3. The summed E-state index contributed by atoms with van der Waals surface area (Å²) in [5.41, 5.74) is 0. The summed E-state index contributed by atoms with van der Waals surface area (Å²) < 4.78 is 19.9. The van der Waals surface area contributed by atoms with Crippen LogP contribution in [0.3, 0.4) is 0 Å². The average Bonchev–Trinajstić information content (AvgIpc) is 3.56. The van der Waals surface area contributed by atoms with Gasteiger partial charge < -0.3 is 9.47 Å². The molecule has 2 nitrogen and oxygen atoms in total. The molecule has 3 aliphatic rings. The van der Waals surface area contributed by atoms with E-state index < -0.39 is 0 Å². The first-order valence-electron chi connectivity index (χ1n) is 11.2. The molecule has 10 heteroatoms. The van der Waals surface area contributed by atoms with Gasteiger partial charge in [0.1, 0.15) is 0 Å². The van der Waals surface area contributed by atoms with Gasteiger partial charge in [-0.25, -0.2) is 0 Å². The highest BCUT2D eigenvalue weighted by Crippen LogP contribution is 2.65. The first kappa shape index (κ1) is 28.5. The largest absolute Gasteiger partial charge is 0.350 e. The van der Waals surface area contributed by atoms with Crippen molar-refractivity contribution in [1.29, 1.82) is 0 Å². The molecule has 1 fully saturated rings. The quantitative estimate of drug-likeness (QED) is 0.172. The predicted octanol–water partition coefficient (Wildman–Crippen LogP) is 10.0. The Morgan fingerprint density at radius 3 is 1.59 bits per heavy atom. The minimum Gasteiger partial charge on any atom is -0.350 e. The molecule has 0 aromatic carbocycles. The molecule has 3 aliphatic heterocycles. The van der Waals surface area contributed by atoms with Crippen LogP contribution in [0.4, 0.5) is 0 Å². The fourth-order valence-corrected chi connectivity index (χ4v) is 14.2. The van der Waals surface area contributed by atoms with E-state index in [9.17, 15) is 0 Å². The van der Waals surface area contributed by atoms with Crippen molar-refractivity contribution < 1.29 is 9.47 Å². The molecule has 0 aromatic rings. The Kier molecular flexibility index (Phi) is 14.8. The number of thioether (sulfide) groups is 8. The maximum absolute atomic E-state index is 5.50. The highest BCUT2D eigenvalue weighted by molar-refractivity contribution is 8.44. The van der Waals surface area contributed by atoms with Crippen molar-refractivity contribution in [3.8, 4) is 0 Å². The van der Waals surface area contributed by atoms with E-state index in [1.165, 1.54) is 82.5 Å². The maximum Gasteiger partial charge on any atom is 0.157 e. The third kappa shape index (κ3) is 9.43. The van der Waals surface area contributed by atoms with Crippen molar-refractivity contribution in [2.45, 2.75) is 64.1 Å². The lowest BCUT2D eigenvalue weighted by Crippen LogP contribution is -2.06. The summed E-state index contributed by atoms with van der Waals surface area (Å²) in [6, 6.07) is 0. The molecule has 0 aromatic heterocycles. The molecular weight excluding hydrogens is 553 g/mol. The van der Waals surface area contributed by atoms with E-state index in [0.717, 1.165) is 19.6 Å². The van der Waals surface area contributed by atoms with E-state index >= 15 is 0 Å². The molecule has 0 atom stereocenters. The van der Waals surface area contributed by atoms with Crippen molar-refractivity contribution in [3.63, 3.8) is 0 Å². The van der Waals surface area contributed by atoms with Crippen LogP contribution in [0.25, 0.3) is 0 Å². The summed E-state index contributed by atoms with van der Waals surface area (Å²) in [6.07, 6.45) is 18.5. The smallest absolute Gasteiger partial charge is 0.157 e. The van der Waals surface area contributed by atoms with E-state index in [2.05, 4.69) is 30.5 Å². The zero-order chi connectivity index (χ0) is 22.6. The van der Waals surface area contributed by atoms with Crippen LogP contribution in [-0.4, -0.2) is 44.0 Å². The first-order chi connectivity index (χ1) is 15.7. The first-order valence-corrected chi connectivity index (χ1v) is 19.1. The Hall–Kier alpha value is 1.94. The second kappa shape index (κ2) is 16.6. The van der Waals surface area contributed by atoms with E-state index in [0.29, 0.717) is 0 Å². The Labute approximate surface area is 229 Å². The minimum atomic E-state index is 0.0888. The van der Waals surface area contributed by atoms with Gasteiger partial charge in [-0.2, -0.15) is 0 Å². The molecular formula is C22H34O2S8. The molecule has 0 aliphatic carbocycles. The maximum atomic E-state index is 5.50. The van der Waals surface area contributed by atoms with Gasteiger partial charge in [0, 0.05) is 0 Å². The van der Waals surface area contributed by atoms with Crippen LogP contribution in [-0.2, 0) is 9.47 Å². The van der Waals surface area contributed by atoms with Gasteiger partial charge in [0.2, 0.25) is 0 Å². The molecule has 0 radical (unpaired) electrons. The van der Waals surface area contributed by atoms with Crippen LogP contribution in [0.2, 0.25) is 0 Å².